The summed E-state index contributed by atoms with van der Waals surface area (Å²) in [5, 5.41) is 6.06. The van der Waals surface area contributed by atoms with Crippen LogP contribution in [0.25, 0.3) is 11.3 Å². The lowest BCUT2D eigenvalue weighted by atomic mass is 10.1. The third kappa shape index (κ3) is 3.36. The van der Waals surface area contributed by atoms with Crippen LogP contribution in [-0.2, 0) is 0 Å². The molecule has 1 saturated heterocycles. The zero-order chi connectivity index (χ0) is 14.7. The van der Waals surface area contributed by atoms with E-state index in [1.807, 2.05) is 34.5 Å². The van der Waals surface area contributed by atoms with Crippen molar-refractivity contribution in [1.29, 1.82) is 0 Å². The van der Waals surface area contributed by atoms with E-state index >= 15 is 0 Å². The number of carbonyl (C=O) groups excluding carboxylic acids is 1. The van der Waals surface area contributed by atoms with Crippen LogP contribution in [0.2, 0.25) is 5.02 Å². The van der Waals surface area contributed by atoms with E-state index in [1.54, 1.807) is 0 Å². The average molecular weight is 322 g/mol. The number of rotatable bonds is 2. The van der Waals surface area contributed by atoms with E-state index in [4.69, 9.17) is 11.6 Å². The molecule has 1 aromatic heterocycles. The Morgan fingerprint density at radius 1 is 1.24 bits per heavy atom. The van der Waals surface area contributed by atoms with Crippen LogP contribution in [0, 0.1) is 0 Å². The van der Waals surface area contributed by atoms with Crippen LogP contribution in [-0.4, -0.2) is 29.0 Å². The highest BCUT2D eigenvalue weighted by atomic mass is 35.5. The van der Waals surface area contributed by atoms with Crippen LogP contribution in [0.4, 0.5) is 9.93 Å². The number of benzene rings is 1. The second-order valence-corrected chi connectivity index (χ2v) is 6.26. The highest BCUT2D eigenvalue weighted by Crippen LogP contribution is 2.30. The number of piperidine rings is 1. The smallest absolute Gasteiger partial charge is 0.323 e. The maximum Gasteiger partial charge on any atom is 0.323 e. The lowest BCUT2D eigenvalue weighted by molar-refractivity contribution is 0.200. The van der Waals surface area contributed by atoms with Crippen LogP contribution in [0.15, 0.2) is 29.6 Å². The van der Waals surface area contributed by atoms with Crippen LogP contribution >= 0.6 is 22.9 Å². The van der Waals surface area contributed by atoms with Crippen LogP contribution in [0.3, 0.4) is 0 Å². The molecule has 21 heavy (non-hydrogen) atoms. The molecule has 0 aliphatic carbocycles. The molecule has 6 heteroatoms. The topological polar surface area (TPSA) is 45.2 Å². The highest BCUT2D eigenvalue weighted by Gasteiger charge is 2.17. The summed E-state index contributed by atoms with van der Waals surface area (Å²) in [6, 6.07) is 7.51. The molecule has 4 nitrogen and oxygen atoms in total. The summed E-state index contributed by atoms with van der Waals surface area (Å²) < 4.78 is 0. The van der Waals surface area contributed by atoms with Crippen LogP contribution in [0.5, 0.6) is 0 Å². The van der Waals surface area contributed by atoms with Crippen molar-refractivity contribution in [3.05, 3.63) is 34.7 Å². The number of likely N-dealkylation sites (tertiary alicyclic amines) is 1. The first-order chi connectivity index (χ1) is 10.2. The predicted octanol–water partition coefficient (Wildman–Crippen LogP) is 4.48. The quantitative estimate of drug-likeness (QED) is 0.886. The molecule has 1 aliphatic heterocycles. The lowest BCUT2D eigenvalue weighted by Crippen LogP contribution is -2.38. The molecule has 0 saturated carbocycles. The molecular formula is C15H16ClN3OS. The molecule has 0 atom stereocenters. The van der Waals surface area contributed by atoms with Crippen molar-refractivity contribution in [3.8, 4) is 11.3 Å². The largest absolute Gasteiger partial charge is 0.324 e. The van der Waals surface area contributed by atoms with Crippen molar-refractivity contribution in [1.82, 2.24) is 9.88 Å². The number of anilines is 1. The minimum Gasteiger partial charge on any atom is -0.324 e. The second kappa shape index (κ2) is 6.45. The van der Waals surface area contributed by atoms with Crippen molar-refractivity contribution < 1.29 is 4.79 Å². The van der Waals surface area contributed by atoms with E-state index < -0.39 is 0 Å². The fraction of sp³-hybridized carbons (Fsp3) is 0.333. The number of carbonyl (C=O) groups is 1. The van der Waals surface area contributed by atoms with Gasteiger partial charge in [0, 0.05) is 29.1 Å². The molecule has 0 unspecified atom stereocenters. The van der Waals surface area contributed by atoms with Gasteiger partial charge < -0.3 is 4.90 Å². The molecule has 1 N–H and O–H groups in total. The van der Waals surface area contributed by atoms with E-state index in [1.165, 1.54) is 17.8 Å². The summed E-state index contributed by atoms with van der Waals surface area (Å²) in [6.07, 6.45) is 3.37. The van der Waals surface area contributed by atoms with Gasteiger partial charge in [-0.15, -0.1) is 11.3 Å². The minimum atomic E-state index is -0.0604. The highest BCUT2D eigenvalue weighted by molar-refractivity contribution is 7.14. The summed E-state index contributed by atoms with van der Waals surface area (Å²) >= 11 is 7.58. The summed E-state index contributed by atoms with van der Waals surface area (Å²) in [4.78, 5) is 18.4. The van der Waals surface area contributed by atoms with Crippen molar-refractivity contribution in [2.24, 2.45) is 0 Å². The first kappa shape index (κ1) is 14.4. The molecule has 1 aliphatic rings. The van der Waals surface area contributed by atoms with Gasteiger partial charge in [0.05, 0.1) is 5.69 Å². The molecule has 0 radical (unpaired) electrons. The zero-order valence-corrected chi connectivity index (χ0v) is 13.1. The molecule has 2 amide bonds. The third-order valence-corrected chi connectivity index (χ3v) is 4.60. The number of nitrogens with zero attached hydrogens (tertiary/aromatic N) is 2. The van der Waals surface area contributed by atoms with Gasteiger partial charge in [-0.3, -0.25) is 5.32 Å². The van der Waals surface area contributed by atoms with Gasteiger partial charge in [-0.1, -0.05) is 29.8 Å². The third-order valence-electron chi connectivity index (χ3n) is 3.51. The molecule has 3 rings (SSSR count). The fourth-order valence-electron chi connectivity index (χ4n) is 2.39. The van der Waals surface area contributed by atoms with Gasteiger partial charge in [0.25, 0.3) is 0 Å². The maximum absolute atomic E-state index is 12.1. The minimum absolute atomic E-state index is 0.0604. The Balaban J connectivity index is 1.70. The molecule has 2 heterocycles. The van der Waals surface area contributed by atoms with Crippen LogP contribution in [0.1, 0.15) is 19.3 Å². The Morgan fingerprint density at radius 2 is 2.00 bits per heavy atom. The Hall–Kier alpha value is -1.59. The summed E-state index contributed by atoms with van der Waals surface area (Å²) in [5.41, 5.74) is 1.67. The Labute approximate surface area is 132 Å². The molecule has 1 fully saturated rings. The Bertz CT molecular complexity index is 637. The monoisotopic (exact) mass is 321 g/mol. The average Bonchev–Trinajstić information content (AvgIpc) is 2.97. The van der Waals surface area contributed by atoms with Gasteiger partial charge in [-0.25, -0.2) is 9.78 Å². The number of thiazole rings is 1. The maximum atomic E-state index is 12.1. The van der Waals surface area contributed by atoms with E-state index in [0.29, 0.717) is 10.2 Å². The second-order valence-electron chi connectivity index (χ2n) is 5.00. The van der Waals surface area contributed by atoms with Crippen LogP contribution < -0.4 is 5.32 Å². The SMILES string of the molecule is O=C(Nc1nc(-c2ccccc2Cl)cs1)N1CCCCC1. The van der Waals surface area contributed by atoms with Crippen molar-refractivity contribution in [3.63, 3.8) is 0 Å². The molecule has 110 valence electrons. The first-order valence-corrected chi connectivity index (χ1v) is 8.26. The molecule has 0 bridgehead atoms. The molecule has 0 spiro atoms. The number of nitrogens with one attached hydrogen (secondary N) is 1. The summed E-state index contributed by atoms with van der Waals surface area (Å²) in [7, 11) is 0. The number of amides is 2. The Kier molecular flexibility index (Phi) is 4.41. The van der Waals surface area contributed by atoms with Gasteiger partial charge in [0.15, 0.2) is 5.13 Å². The van der Waals surface area contributed by atoms with E-state index in [-0.39, 0.29) is 6.03 Å². The fourth-order valence-corrected chi connectivity index (χ4v) is 3.32. The number of hydrogen-bond acceptors (Lipinski definition) is 3. The molecule has 2 aromatic rings. The van der Waals surface area contributed by atoms with Crippen molar-refractivity contribution in [2.45, 2.75) is 19.3 Å². The van der Waals surface area contributed by atoms with E-state index in [0.717, 1.165) is 37.2 Å². The number of hydrogen-bond donors (Lipinski definition) is 1. The van der Waals surface area contributed by atoms with E-state index in [2.05, 4.69) is 10.3 Å². The number of aromatic nitrogens is 1. The molecular weight excluding hydrogens is 306 g/mol. The van der Waals surface area contributed by atoms with Gasteiger partial charge in [0.1, 0.15) is 0 Å². The van der Waals surface area contributed by atoms with Gasteiger partial charge in [0.2, 0.25) is 0 Å². The predicted molar refractivity (Wildman–Crippen MR) is 87.0 cm³/mol. The van der Waals surface area contributed by atoms with Crippen molar-refractivity contribution >= 4 is 34.1 Å². The number of urea groups is 1. The summed E-state index contributed by atoms with van der Waals surface area (Å²) in [6.45, 7) is 1.66. The first-order valence-electron chi connectivity index (χ1n) is 7.00. The van der Waals surface area contributed by atoms with Gasteiger partial charge >= 0.3 is 6.03 Å². The Morgan fingerprint density at radius 3 is 2.76 bits per heavy atom. The lowest BCUT2D eigenvalue weighted by Gasteiger charge is -2.26. The molecule has 1 aromatic carbocycles. The summed E-state index contributed by atoms with van der Waals surface area (Å²) in [5.74, 6) is 0. The number of halogens is 1. The standard InChI is InChI=1S/C15H16ClN3OS/c16-12-7-3-2-6-11(12)13-10-21-14(17-13)18-15(20)19-8-4-1-5-9-19/h2-3,6-7,10H,1,4-5,8-9H2,(H,17,18,20). The zero-order valence-electron chi connectivity index (χ0n) is 11.5. The van der Waals surface area contributed by atoms with Gasteiger partial charge in [-0.05, 0) is 25.3 Å². The van der Waals surface area contributed by atoms with E-state index in [9.17, 15) is 4.79 Å². The normalized spacial score (nSPS) is 15.0. The van der Waals surface area contributed by atoms with Gasteiger partial charge in [-0.2, -0.15) is 0 Å². The van der Waals surface area contributed by atoms with Crippen molar-refractivity contribution in [2.75, 3.05) is 18.4 Å².